The zero-order valence-electron chi connectivity index (χ0n) is 10.7. The highest BCUT2D eigenvalue weighted by molar-refractivity contribution is 7.98. The summed E-state index contributed by atoms with van der Waals surface area (Å²) in [7, 11) is 4.12. The number of amides is 1. The van der Waals surface area contributed by atoms with Crippen molar-refractivity contribution in [2.24, 2.45) is 0 Å². The Labute approximate surface area is 104 Å². The summed E-state index contributed by atoms with van der Waals surface area (Å²) in [4.78, 5) is 16.2. The molecule has 0 saturated carbocycles. The second-order valence-corrected chi connectivity index (χ2v) is 5.62. The molecule has 16 heavy (non-hydrogen) atoms. The van der Waals surface area contributed by atoms with Gasteiger partial charge in [-0.1, -0.05) is 0 Å². The van der Waals surface area contributed by atoms with Gasteiger partial charge in [-0.25, -0.2) is 0 Å². The van der Waals surface area contributed by atoms with Crippen molar-refractivity contribution in [1.82, 2.24) is 9.80 Å². The average Bonchev–Trinajstić information content (AvgIpc) is 2.29. The zero-order valence-corrected chi connectivity index (χ0v) is 11.6. The molecule has 1 heterocycles. The van der Waals surface area contributed by atoms with Crippen LogP contribution in [-0.4, -0.2) is 60.9 Å². The molecule has 0 aromatic heterocycles. The van der Waals surface area contributed by atoms with E-state index in [-0.39, 0.29) is 0 Å². The van der Waals surface area contributed by atoms with Gasteiger partial charge < -0.3 is 9.80 Å². The summed E-state index contributed by atoms with van der Waals surface area (Å²) in [5, 5.41) is 0. The van der Waals surface area contributed by atoms with E-state index in [4.69, 9.17) is 0 Å². The van der Waals surface area contributed by atoms with Crippen LogP contribution in [0.1, 0.15) is 25.7 Å². The van der Waals surface area contributed by atoms with Crippen LogP contribution in [0, 0.1) is 0 Å². The first-order chi connectivity index (χ1) is 7.65. The van der Waals surface area contributed by atoms with Crippen molar-refractivity contribution in [3.8, 4) is 0 Å². The Balaban J connectivity index is 2.27. The molecule has 4 heteroatoms. The van der Waals surface area contributed by atoms with Crippen molar-refractivity contribution in [3.05, 3.63) is 0 Å². The molecule has 0 radical (unpaired) electrons. The van der Waals surface area contributed by atoms with Crippen LogP contribution in [0.4, 0.5) is 0 Å². The summed E-state index contributed by atoms with van der Waals surface area (Å²) in [6, 6.07) is 0.470. The number of hydrogen-bond acceptors (Lipinski definition) is 3. The topological polar surface area (TPSA) is 23.6 Å². The van der Waals surface area contributed by atoms with Crippen molar-refractivity contribution >= 4 is 17.7 Å². The molecule has 1 fully saturated rings. The minimum absolute atomic E-state index is 0.323. The number of hydrogen-bond donors (Lipinski definition) is 0. The molecule has 3 nitrogen and oxygen atoms in total. The fourth-order valence-electron chi connectivity index (χ4n) is 2.13. The lowest BCUT2D eigenvalue weighted by Crippen LogP contribution is -2.44. The number of piperidine rings is 1. The summed E-state index contributed by atoms with van der Waals surface area (Å²) >= 11 is 1.81. The van der Waals surface area contributed by atoms with Gasteiger partial charge in [0, 0.05) is 19.5 Å². The van der Waals surface area contributed by atoms with Gasteiger partial charge in [-0.05, 0) is 51.4 Å². The lowest BCUT2D eigenvalue weighted by atomic mass is 10.0. The van der Waals surface area contributed by atoms with Gasteiger partial charge in [-0.2, -0.15) is 11.8 Å². The van der Waals surface area contributed by atoms with Gasteiger partial charge in [-0.15, -0.1) is 0 Å². The molecule has 0 aromatic rings. The first kappa shape index (κ1) is 13.8. The van der Waals surface area contributed by atoms with Gasteiger partial charge in [0.25, 0.3) is 0 Å². The Morgan fingerprint density at radius 2 is 2.06 bits per heavy atom. The van der Waals surface area contributed by atoms with Gasteiger partial charge >= 0.3 is 0 Å². The van der Waals surface area contributed by atoms with E-state index in [0.29, 0.717) is 18.4 Å². The number of likely N-dealkylation sites (tertiary alicyclic amines) is 1. The van der Waals surface area contributed by atoms with E-state index in [0.717, 1.165) is 38.1 Å². The molecule has 0 atom stereocenters. The maximum absolute atomic E-state index is 11.9. The Morgan fingerprint density at radius 1 is 1.44 bits per heavy atom. The quantitative estimate of drug-likeness (QED) is 0.688. The second kappa shape index (κ2) is 7.17. The largest absolute Gasteiger partial charge is 0.343 e. The smallest absolute Gasteiger partial charge is 0.222 e. The summed E-state index contributed by atoms with van der Waals surface area (Å²) in [6.45, 7) is 2.24. The number of carbonyl (C=O) groups excluding carboxylic acids is 1. The highest BCUT2D eigenvalue weighted by atomic mass is 32.2. The highest BCUT2D eigenvalue weighted by Crippen LogP contribution is 2.15. The highest BCUT2D eigenvalue weighted by Gasteiger charge is 2.23. The summed E-state index contributed by atoms with van der Waals surface area (Å²) < 4.78 is 0. The molecule has 0 unspecified atom stereocenters. The van der Waals surface area contributed by atoms with Crippen molar-refractivity contribution in [2.75, 3.05) is 39.2 Å². The minimum Gasteiger partial charge on any atom is -0.343 e. The third-order valence-corrected chi connectivity index (χ3v) is 4.07. The zero-order chi connectivity index (χ0) is 12.0. The standard InChI is InChI=1S/C12H24N2OS/c1-13-8-6-11(7-9-13)14(2)12(15)5-4-10-16-3/h11H,4-10H2,1-3H3. The van der Waals surface area contributed by atoms with Gasteiger partial charge in [0.05, 0.1) is 0 Å². The molecule has 94 valence electrons. The van der Waals surface area contributed by atoms with Crippen LogP contribution in [0.5, 0.6) is 0 Å². The average molecular weight is 244 g/mol. The molecular formula is C12H24N2OS. The van der Waals surface area contributed by atoms with Gasteiger partial charge in [0.2, 0.25) is 5.91 Å². The van der Waals surface area contributed by atoms with Crippen LogP contribution in [0.3, 0.4) is 0 Å². The van der Waals surface area contributed by atoms with Gasteiger partial charge in [0.1, 0.15) is 0 Å². The van der Waals surface area contributed by atoms with Crippen LogP contribution in [0.25, 0.3) is 0 Å². The predicted molar refractivity (Wildman–Crippen MR) is 70.9 cm³/mol. The molecule has 1 saturated heterocycles. The van der Waals surface area contributed by atoms with Gasteiger partial charge in [-0.3, -0.25) is 4.79 Å². The third kappa shape index (κ3) is 4.34. The SMILES string of the molecule is CSCCCC(=O)N(C)C1CCN(C)CC1. The van der Waals surface area contributed by atoms with E-state index in [1.165, 1.54) is 0 Å². The molecule has 1 aliphatic heterocycles. The monoisotopic (exact) mass is 244 g/mol. The molecule has 1 rings (SSSR count). The van der Waals surface area contributed by atoms with Gasteiger partial charge in [0.15, 0.2) is 0 Å². The first-order valence-corrected chi connectivity index (χ1v) is 7.47. The Bertz CT molecular complexity index is 215. The first-order valence-electron chi connectivity index (χ1n) is 6.08. The number of nitrogens with zero attached hydrogens (tertiary/aromatic N) is 2. The molecule has 0 N–H and O–H groups in total. The Morgan fingerprint density at radius 3 is 2.62 bits per heavy atom. The number of thioether (sulfide) groups is 1. The maximum Gasteiger partial charge on any atom is 0.222 e. The van der Waals surface area contributed by atoms with Crippen molar-refractivity contribution in [3.63, 3.8) is 0 Å². The minimum atomic E-state index is 0.323. The molecule has 0 aliphatic carbocycles. The van der Waals surface area contributed by atoms with Crippen molar-refractivity contribution < 1.29 is 4.79 Å². The summed E-state index contributed by atoms with van der Waals surface area (Å²) in [6.07, 6.45) is 6.06. The van der Waals surface area contributed by atoms with Crippen LogP contribution in [0.15, 0.2) is 0 Å². The van der Waals surface area contributed by atoms with Crippen molar-refractivity contribution in [2.45, 2.75) is 31.7 Å². The summed E-state index contributed by atoms with van der Waals surface area (Å²) in [5.41, 5.74) is 0. The van der Waals surface area contributed by atoms with E-state index >= 15 is 0 Å². The van der Waals surface area contributed by atoms with Crippen LogP contribution >= 0.6 is 11.8 Å². The predicted octanol–water partition coefficient (Wildman–Crippen LogP) is 1.68. The number of carbonyl (C=O) groups is 1. The molecule has 0 bridgehead atoms. The van der Waals surface area contributed by atoms with E-state index in [1.807, 2.05) is 23.7 Å². The van der Waals surface area contributed by atoms with Crippen LogP contribution in [-0.2, 0) is 4.79 Å². The lowest BCUT2D eigenvalue weighted by molar-refractivity contribution is -0.132. The van der Waals surface area contributed by atoms with E-state index < -0.39 is 0 Å². The molecule has 0 spiro atoms. The normalized spacial score (nSPS) is 18.7. The fraction of sp³-hybridized carbons (Fsp3) is 0.917. The van der Waals surface area contributed by atoms with Crippen LogP contribution in [0.2, 0.25) is 0 Å². The third-order valence-electron chi connectivity index (χ3n) is 3.37. The Kier molecular flexibility index (Phi) is 6.21. The van der Waals surface area contributed by atoms with Crippen LogP contribution < -0.4 is 0 Å². The fourth-order valence-corrected chi connectivity index (χ4v) is 2.56. The second-order valence-electron chi connectivity index (χ2n) is 4.64. The summed E-state index contributed by atoms with van der Waals surface area (Å²) in [5.74, 6) is 1.41. The molecule has 1 amide bonds. The van der Waals surface area contributed by atoms with E-state index in [1.54, 1.807) is 0 Å². The molecular weight excluding hydrogens is 220 g/mol. The molecule has 0 aromatic carbocycles. The molecule has 1 aliphatic rings. The van der Waals surface area contributed by atoms with E-state index in [2.05, 4.69) is 18.2 Å². The number of rotatable bonds is 5. The maximum atomic E-state index is 11.9. The van der Waals surface area contributed by atoms with Crippen molar-refractivity contribution in [1.29, 1.82) is 0 Å². The van der Waals surface area contributed by atoms with E-state index in [9.17, 15) is 4.79 Å². The lowest BCUT2D eigenvalue weighted by Gasteiger charge is -2.35. The Hall–Kier alpha value is -0.220.